The van der Waals surface area contributed by atoms with E-state index in [1.54, 1.807) is 0 Å². The third kappa shape index (κ3) is 1.58. The van der Waals surface area contributed by atoms with Crippen molar-refractivity contribution < 1.29 is 20.1 Å². The molecular formula is C6H14N2O4. The lowest BCUT2D eigenvalue weighted by atomic mass is 9.96. The van der Waals surface area contributed by atoms with Crippen molar-refractivity contribution in [2.45, 2.75) is 30.6 Å². The van der Waals surface area contributed by atoms with Crippen molar-refractivity contribution in [3.8, 4) is 0 Å². The molecule has 6 nitrogen and oxygen atoms in total. The maximum Gasteiger partial charge on any atom is 0.172 e. The summed E-state index contributed by atoms with van der Waals surface area (Å²) in [4.78, 5) is 0. The summed E-state index contributed by atoms with van der Waals surface area (Å²) in [6, 6.07) is -1.67. The molecule has 0 unspecified atom stereocenters. The van der Waals surface area contributed by atoms with Crippen molar-refractivity contribution in [2.75, 3.05) is 6.61 Å². The van der Waals surface area contributed by atoms with Crippen LogP contribution in [0.25, 0.3) is 0 Å². The maximum absolute atomic E-state index is 9.32. The van der Waals surface area contributed by atoms with Gasteiger partial charge in [-0.1, -0.05) is 0 Å². The fraction of sp³-hybridized carbons (Fsp3) is 1.00. The normalized spacial score (nSPS) is 49.2. The van der Waals surface area contributed by atoms with E-state index >= 15 is 0 Å². The molecule has 1 rings (SSSR count). The standard InChI is InChI=1S/C6H14N2O4/c7-3-2(1-9)12-6(11)4(8)5(3)10/h2-6,9-11H,1,7-8H2/t2-,3+,4-,5+,6+/m1/s1. The van der Waals surface area contributed by atoms with Gasteiger partial charge in [0.05, 0.1) is 24.8 Å². The van der Waals surface area contributed by atoms with Gasteiger partial charge in [0.1, 0.15) is 6.10 Å². The van der Waals surface area contributed by atoms with E-state index in [1.807, 2.05) is 0 Å². The minimum absolute atomic E-state index is 0.345. The lowest BCUT2D eigenvalue weighted by Crippen LogP contribution is -2.64. The van der Waals surface area contributed by atoms with E-state index in [-0.39, 0.29) is 6.61 Å². The molecule has 72 valence electrons. The van der Waals surface area contributed by atoms with Crippen LogP contribution in [0.15, 0.2) is 0 Å². The first-order valence-corrected chi connectivity index (χ1v) is 3.71. The van der Waals surface area contributed by atoms with Crippen LogP contribution in [-0.2, 0) is 4.74 Å². The molecule has 0 aliphatic carbocycles. The number of ether oxygens (including phenoxy) is 1. The highest BCUT2D eigenvalue weighted by Crippen LogP contribution is 2.16. The summed E-state index contributed by atoms with van der Waals surface area (Å²) in [5.74, 6) is 0. The van der Waals surface area contributed by atoms with Crippen molar-refractivity contribution >= 4 is 0 Å². The summed E-state index contributed by atoms with van der Waals surface area (Å²) >= 11 is 0. The summed E-state index contributed by atoms with van der Waals surface area (Å²) in [7, 11) is 0. The Hall–Kier alpha value is -0.240. The van der Waals surface area contributed by atoms with Crippen molar-refractivity contribution in [3.63, 3.8) is 0 Å². The summed E-state index contributed by atoms with van der Waals surface area (Å²) in [5, 5.41) is 27.1. The summed E-state index contributed by atoms with van der Waals surface area (Å²) in [5.41, 5.74) is 10.8. The largest absolute Gasteiger partial charge is 0.394 e. The molecule has 7 N–H and O–H groups in total. The molecule has 1 aliphatic heterocycles. The van der Waals surface area contributed by atoms with E-state index in [2.05, 4.69) is 0 Å². The van der Waals surface area contributed by atoms with E-state index in [9.17, 15) is 5.11 Å². The SMILES string of the molecule is N[C@@H]1[C@@H](O)[C@@H](N)[C@@H](CO)O[C@@H]1O. The zero-order valence-electron chi connectivity index (χ0n) is 6.50. The first kappa shape index (κ1) is 9.85. The van der Waals surface area contributed by atoms with Gasteiger partial charge in [-0.3, -0.25) is 0 Å². The Morgan fingerprint density at radius 3 is 2.25 bits per heavy atom. The Bertz CT molecular complexity index is 152. The van der Waals surface area contributed by atoms with E-state index in [0.717, 1.165) is 0 Å². The van der Waals surface area contributed by atoms with Crippen LogP contribution in [0.4, 0.5) is 0 Å². The Morgan fingerprint density at radius 1 is 1.17 bits per heavy atom. The highest BCUT2D eigenvalue weighted by molar-refractivity contribution is 4.93. The molecule has 0 aromatic heterocycles. The molecule has 0 bridgehead atoms. The van der Waals surface area contributed by atoms with E-state index in [1.165, 1.54) is 0 Å². The predicted octanol–water partition coefficient (Wildman–Crippen LogP) is -3.29. The molecule has 1 fully saturated rings. The Kier molecular flexibility index (Phi) is 2.99. The van der Waals surface area contributed by atoms with Crippen LogP contribution in [0.1, 0.15) is 0 Å². The first-order chi connectivity index (χ1) is 5.57. The number of hydrogen-bond donors (Lipinski definition) is 5. The fourth-order valence-electron chi connectivity index (χ4n) is 1.17. The van der Waals surface area contributed by atoms with Crippen LogP contribution in [-0.4, -0.2) is 52.5 Å². The van der Waals surface area contributed by atoms with Gasteiger partial charge >= 0.3 is 0 Å². The molecule has 1 heterocycles. The minimum Gasteiger partial charge on any atom is -0.394 e. The van der Waals surface area contributed by atoms with Crippen molar-refractivity contribution in [1.29, 1.82) is 0 Å². The lowest BCUT2D eigenvalue weighted by molar-refractivity contribution is -0.215. The highest BCUT2D eigenvalue weighted by atomic mass is 16.6. The van der Waals surface area contributed by atoms with Gasteiger partial charge < -0.3 is 31.5 Å². The molecule has 1 aliphatic rings. The monoisotopic (exact) mass is 178 g/mol. The topological polar surface area (TPSA) is 122 Å². The number of rotatable bonds is 1. The van der Waals surface area contributed by atoms with Gasteiger partial charge in [-0.25, -0.2) is 0 Å². The first-order valence-electron chi connectivity index (χ1n) is 3.71. The second-order valence-corrected chi connectivity index (χ2v) is 2.89. The number of nitrogens with two attached hydrogens (primary N) is 2. The molecule has 0 saturated carbocycles. The molecule has 0 radical (unpaired) electrons. The molecule has 5 atom stereocenters. The van der Waals surface area contributed by atoms with Crippen LogP contribution in [0.5, 0.6) is 0 Å². The summed E-state index contributed by atoms with van der Waals surface area (Å²) in [6.07, 6.45) is -3.07. The van der Waals surface area contributed by atoms with Crippen LogP contribution in [0, 0.1) is 0 Å². The minimum atomic E-state index is -1.27. The van der Waals surface area contributed by atoms with Gasteiger partial charge in [-0.05, 0) is 0 Å². The number of aliphatic hydroxyl groups excluding tert-OH is 3. The van der Waals surface area contributed by atoms with E-state index in [0.29, 0.717) is 0 Å². The van der Waals surface area contributed by atoms with Gasteiger partial charge in [-0.2, -0.15) is 0 Å². The molecule has 0 aromatic carbocycles. The van der Waals surface area contributed by atoms with Gasteiger partial charge in [-0.15, -0.1) is 0 Å². The number of aliphatic hydroxyl groups is 3. The van der Waals surface area contributed by atoms with Crippen LogP contribution >= 0.6 is 0 Å². The average Bonchev–Trinajstić information content (AvgIpc) is 2.08. The van der Waals surface area contributed by atoms with Crippen molar-refractivity contribution in [3.05, 3.63) is 0 Å². The summed E-state index contributed by atoms with van der Waals surface area (Å²) in [6.45, 7) is -0.345. The zero-order valence-corrected chi connectivity index (χ0v) is 6.50. The Labute approximate surface area is 69.7 Å². The number of hydrogen-bond acceptors (Lipinski definition) is 6. The molecule has 1 saturated heterocycles. The van der Waals surface area contributed by atoms with Crippen molar-refractivity contribution in [1.82, 2.24) is 0 Å². The van der Waals surface area contributed by atoms with Gasteiger partial charge in [0.25, 0.3) is 0 Å². The smallest absolute Gasteiger partial charge is 0.172 e. The quantitative estimate of drug-likeness (QED) is 0.287. The van der Waals surface area contributed by atoms with Gasteiger partial charge in [0, 0.05) is 0 Å². The molecule has 12 heavy (non-hydrogen) atoms. The van der Waals surface area contributed by atoms with Gasteiger partial charge in [0.15, 0.2) is 6.29 Å². The lowest BCUT2D eigenvalue weighted by Gasteiger charge is -2.38. The average molecular weight is 178 g/mol. The molecule has 0 spiro atoms. The summed E-state index contributed by atoms with van der Waals surface area (Å²) < 4.78 is 4.83. The molecule has 0 aromatic rings. The second-order valence-electron chi connectivity index (χ2n) is 2.89. The molecular weight excluding hydrogens is 164 g/mol. The van der Waals surface area contributed by atoms with Crippen LogP contribution in [0.2, 0.25) is 0 Å². The molecule has 6 heteroatoms. The zero-order chi connectivity index (χ0) is 9.30. The van der Waals surface area contributed by atoms with E-state index in [4.69, 9.17) is 26.4 Å². The Balaban J connectivity index is 2.63. The fourth-order valence-corrected chi connectivity index (χ4v) is 1.17. The van der Waals surface area contributed by atoms with Crippen molar-refractivity contribution in [2.24, 2.45) is 11.5 Å². The Morgan fingerprint density at radius 2 is 1.75 bits per heavy atom. The third-order valence-corrected chi connectivity index (χ3v) is 2.04. The van der Waals surface area contributed by atoms with Crippen LogP contribution < -0.4 is 11.5 Å². The molecule has 0 amide bonds. The predicted molar refractivity (Wildman–Crippen MR) is 39.9 cm³/mol. The van der Waals surface area contributed by atoms with Gasteiger partial charge in [0.2, 0.25) is 0 Å². The van der Waals surface area contributed by atoms with E-state index < -0.39 is 30.6 Å². The highest BCUT2D eigenvalue weighted by Gasteiger charge is 2.40. The van der Waals surface area contributed by atoms with Crippen LogP contribution in [0.3, 0.4) is 0 Å². The second kappa shape index (κ2) is 3.65. The maximum atomic E-state index is 9.32. The third-order valence-electron chi connectivity index (χ3n) is 2.04.